The average molecular weight is 417 g/mol. The fourth-order valence-electron chi connectivity index (χ4n) is 3.59. The molecule has 0 bridgehead atoms. The van der Waals surface area contributed by atoms with Crippen LogP contribution in [0.4, 0.5) is 0 Å². The number of rotatable bonds is 7. The quantitative estimate of drug-likeness (QED) is 0.496. The first kappa shape index (κ1) is 20.3. The molecule has 0 saturated carbocycles. The molecule has 1 N–H and O–H groups in total. The molecule has 0 radical (unpaired) electrons. The molecule has 158 valence electrons. The first-order chi connectivity index (χ1) is 15.1. The maximum absolute atomic E-state index is 12.8. The van der Waals surface area contributed by atoms with Gasteiger partial charge in [0.25, 0.3) is 5.56 Å². The van der Waals surface area contributed by atoms with Crippen LogP contribution >= 0.6 is 0 Å². The molecular weight excluding hydrogens is 394 g/mol. The van der Waals surface area contributed by atoms with E-state index in [0.29, 0.717) is 13.1 Å². The van der Waals surface area contributed by atoms with E-state index in [1.165, 1.54) is 16.8 Å². The normalized spacial score (nSPS) is 11.0. The number of aromatic nitrogens is 4. The van der Waals surface area contributed by atoms with Gasteiger partial charge in [0.2, 0.25) is 5.91 Å². The highest BCUT2D eigenvalue weighted by Gasteiger charge is 2.13. The summed E-state index contributed by atoms with van der Waals surface area (Å²) in [4.78, 5) is 42.1. The minimum atomic E-state index is -0.521. The Hall–Kier alpha value is -3.94. The molecule has 8 heteroatoms. The Labute approximate surface area is 178 Å². The second-order valence-corrected chi connectivity index (χ2v) is 7.17. The number of nitrogens with one attached hydrogen (secondary N) is 1. The number of para-hydroxylation sites is 2. The van der Waals surface area contributed by atoms with Crippen LogP contribution in [0.15, 0.2) is 76.4 Å². The van der Waals surface area contributed by atoms with Crippen LogP contribution in [0.3, 0.4) is 0 Å². The molecule has 0 fully saturated rings. The predicted molar refractivity (Wildman–Crippen MR) is 118 cm³/mol. The van der Waals surface area contributed by atoms with Crippen molar-refractivity contribution in [2.45, 2.75) is 33.1 Å². The number of carbonyl (C=O) groups is 1. The molecule has 4 rings (SSSR count). The van der Waals surface area contributed by atoms with Crippen molar-refractivity contribution in [1.82, 2.24) is 24.0 Å². The van der Waals surface area contributed by atoms with Crippen molar-refractivity contribution in [3.8, 4) is 0 Å². The molecule has 0 aliphatic rings. The van der Waals surface area contributed by atoms with Gasteiger partial charge in [0.15, 0.2) is 0 Å². The Morgan fingerprint density at radius 1 is 0.968 bits per heavy atom. The molecule has 31 heavy (non-hydrogen) atoms. The average Bonchev–Trinajstić information content (AvgIpc) is 3.15. The number of fused-ring (bicyclic) bond motifs is 1. The van der Waals surface area contributed by atoms with Crippen molar-refractivity contribution in [3.63, 3.8) is 0 Å². The maximum Gasteiger partial charge on any atom is 0.331 e. The predicted octanol–water partition coefficient (Wildman–Crippen LogP) is 1.74. The molecular formula is C23H23N5O3. The van der Waals surface area contributed by atoms with Gasteiger partial charge in [-0.15, -0.1) is 0 Å². The van der Waals surface area contributed by atoms with E-state index >= 15 is 0 Å². The van der Waals surface area contributed by atoms with Gasteiger partial charge in [0.1, 0.15) is 12.4 Å². The summed E-state index contributed by atoms with van der Waals surface area (Å²) >= 11 is 0. The molecule has 0 aliphatic heterocycles. The number of hydrogen-bond acceptors (Lipinski definition) is 4. The zero-order valence-electron chi connectivity index (χ0n) is 17.2. The zero-order valence-corrected chi connectivity index (χ0v) is 17.2. The van der Waals surface area contributed by atoms with Crippen LogP contribution < -0.4 is 16.6 Å². The first-order valence-electron chi connectivity index (χ1n) is 10.1. The minimum Gasteiger partial charge on any atom is -0.347 e. The van der Waals surface area contributed by atoms with Gasteiger partial charge in [-0.3, -0.25) is 18.7 Å². The standard InChI is InChI=1S/C23H23N5O3/c1-2-27-19-11-7-6-10-18(19)25-20(27)14-24-21(29)16-28-22(30)12-13-26(23(28)31)15-17-8-4-3-5-9-17/h3-13H,2,14-16H2,1H3,(H,24,29). The summed E-state index contributed by atoms with van der Waals surface area (Å²) in [5.74, 6) is 0.297. The minimum absolute atomic E-state index is 0.209. The summed E-state index contributed by atoms with van der Waals surface area (Å²) in [5, 5.41) is 2.78. The lowest BCUT2D eigenvalue weighted by molar-refractivity contribution is -0.122. The van der Waals surface area contributed by atoms with Gasteiger partial charge in [0.05, 0.1) is 24.1 Å². The fraction of sp³-hybridized carbons (Fsp3) is 0.217. The largest absolute Gasteiger partial charge is 0.347 e. The molecule has 0 spiro atoms. The molecule has 2 heterocycles. The Balaban J connectivity index is 1.49. The van der Waals surface area contributed by atoms with Crippen LogP contribution in [-0.4, -0.2) is 24.6 Å². The lowest BCUT2D eigenvalue weighted by Gasteiger charge is -2.11. The van der Waals surface area contributed by atoms with Crippen molar-refractivity contribution < 1.29 is 4.79 Å². The molecule has 8 nitrogen and oxygen atoms in total. The van der Waals surface area contributed by atoms with Gasteiger partial charge in [-0.2, -0.15) is 0 Å². The molecule has 0 atom stereocenters. The lowest BCUT2D eigenvalue weighted by Crippen LogP contribution is -2.43. The number of amides is 1. The van der Waals surface area contributed by atoms with E-state index in [-0.39, 0.29) is 13.1 Å². The summed E-state index contributed by atoms with van der Waals surface area (Å²) in [6.45, 7) is 2.91. The SMILES string of the molecule is CCn1c(CNC(=O)Cn2c(=O)ccn(Cc3ccccc3)c2=O)nc2ccccc21. The van der Waals surface area contributed by atoms with Crippen LogP contribution in [0.2, 0.25) is 0 Å². The second-order valence-electron chi connectivity index (χ2n) is 7.17. The van der Waals surface area contributed by atoms with Crippen molar-refractivity contribution in [2.24, 2.45) is 0 Å². The number of carbonyl (C=O) groups excluding carboxylic acids is 1. The summed E-state index contributed by atoms with van der Waals surface area (Å²) in [6, 6.07) is 18.5. The van der Waals surface area contributed by atoms with Crippen molar-refractivity contribution in [2.75, 3.05) is 0 Å². The first-order valence-corrected chi connectivity index (χ1v) is 10.1. The number of imidazole rings is 1. The van der Waals surface area contributed by atoms with Gasteiger partial charge in [-0.05, 0) is 24.6 Å². The number of benzene rings is 2. The number of aryl methyl sites for hydroxylation is 1. The Morgan fingerprint density at radius 2 is 1.71 bits per heavy atom. The van der Waals surface area contributed by atoms with E-state index < -0.39 is 17.2 Å². The third-order valence-electron chi connectivity index (χ3n) is 5.13. The van der Waals surface area contributed by atoms with E-state index in [1.807, 2.05) is 66.1 Å². The lowest BCUT2D eigenvalue weighted by atomic mass is 10.2. The number of hydrogen-bond donors (Lipinski definition) is 1. The Kier molecular flexibility index (Phi) is 5.79. The molecule has 1 amide bonds. The van der Waals surface area contributed by atoms with Gasteiger partial charge in [-0.1, -0.05) is 42.5 Å². The summed E-state index contributed by atoms with van der Waals surface area (Å²) in [5.41, 5.74) is 1.75. The molecule has 4 aromatic rings. The fourth-order valence-corrected chi connectivity index (χ4v) is 3.59. The smallest absolute Gasteiger partial charge is 0.331 e. The van der Waals surface area contributed by atoms with E-state index in [9.17, 15) is 14.4 Å². The van der Waals surface area contributed by atoms with Crippen LogP contribution in [0.25, 0.3) is 11.0 Å². The molecule has 0 unspecified atom stereocenters. The van der Waals surface area contributed by atoms with Gasteiger partial charge in [0, 0.05) is 18.8 Å². The van der Waals surface area contributed by atoms with E-state index in [2.05, 4.69) is 10.3 Å². The maximum atomic E-state index is 12.8. The second kappa shape index (κ2) is 8.83. The van der Waals surface area contributed by atoms with E-state index in [4.69, 9.17) is 0 Å². The topological polar surface area (TPSA) is 90.9 Å². The third-order valence-corrected chi connectivity index (χ3v) is 5.13. The van der Waals surface area contributed by atoms with Gasteiger partial charge >= 0.3 is 5.69 Å². The van der Waals surface area contributed by atoms with E-state index in [1.54, 1.807) is 0 Å². The zero-order chi connectivity index (χ0) is 21.8. The summed E-state index contributed by atoms with van der Waals surface area (Å²) in [7, 11) is 0. The summed E-state index contributed by atoms with van der Waals surface area (Å²) in [6.07, 6.45) is 1.45. The summed E-state index contributed by atoms with van der Waals surface area (Å²) < 4.78 is 4.39. The van der Waals surface area contributed by atoms with Crippen LogP contribution in [0.5, 0.6) is 0 Å². The monoisotopic (exact) mass is 417 g/mol. The Morgan fingerprint density at radius 3 is 2.48 bits per heavy atom. The molecule has 2 aromatic carbocycles. The number of nitrogens with zero attached hydrogens (tertiary/aromatic N) is 4. The van der Waals surface area contributed by atoms with Crippen LogP contribution in [0.1, 0.15) is 18.3 Å². The highest BCUT2D eigenvalue weighted by molar-refractivity contribution is 5.77. The van der Waals surface area contributed by atoms with E-state index in [0.717, 1.165) is 27.0 Å². The molecule has 0 aliphatic carbocycles. The highest BCUT2D eigenvalue weighted by Crippen LogP contribution is 2.15. The van der Waals surface area contributed by atoms with Gasteiger partial charge < -0.3 is 9.88 Å². The van der Waals surface area contributed by atoms with Gasteiger partial charge in [-0.25, -0.2) is 9.78 Å². The van der Waals surface area contributed by atoms with Crippen LogP contribution in [-0.2, 0) is 31.0 Å². The van der Waals surface area contributed by atoms with Crippen LogP contribution in [0, 0.1) is 0 Å². The molecule has 2 aromatic heterocycles. The van der Waals surface area contributed by atoms with Crippen molar-refractivity contribution >= 4 is 16.9 Å². The Bertz CT molecular complexity index is 1330. The van der Waals surface area contributed by atoms with Crippen molar-refractivity contribution in [1.29, 1.82) is 0 Å². The van der Waals surface area contributed by atoms with Crippen molar-refractivity contribution in [3.05, 3.63) is 99.1 Å². The highest BCUT2D eigenvalue weighted by atomic mass is 16.2. The third kappa shape index (κ3) is 4.32. The molecule has 0 saturated heterocycles.